The van der Waals surface area contributed by atoms with E-state index < -0.39 is 5.41 Å². The molecule has 0 heterocycles. The molecule has 0 aromatic heterocycles. The predicted octanol–water partition coefficient (Wildman–Crippen LogP) is 4.27. The lowest BCUT2D eigenvalue weighted by Crippen LogP contribution is -2.44. The van der Waals surface area contributed by atoms with Crippen LogP contribution in [0.5, 0.6) is 0 Å². The lowest BCUT2D eigenvalue weighted by Gasteiger charge is -2.39. The Morgan fingerprint density at radius 2 is 1.54 bits per heavy atom. The van der Waals surface area contributed by atoms with Crippen molar-refractivity contribution in [2.24, 2.45) is 0 Å². The molecule has 4 nitrogen and oxygen atoms in total. The standard InChI is InChI=1S/C20H19Cl2NO3/c21-16-6-2-14(3-7-16)12-23-18(24)13-26-19(25)20(10-1-11-20)15-4-8-17(22)9-5-15/h2-9H,1,10-13H2,(H,23,24). The van der Waals surface area contributed by atoms with Gasteiger partial charge in [0.25, 0.3) is 5.91 Å². The average molecular weight is 392 g/mol. The van der Waals surface area contributed by atoms with Gasteiger partial charge >= 0.3 is 5.97 Å². The normalized spacial score (nSPS) is 15.0. The maximum atomic E-state index is 12.6. The summed E-state index contributed by atoms with van der Waals surface area (Å²) in [7, 11) is 0. The highest BCUT2D eigenvalue weighted by Crippen LogP contribution is 2.45. The van der Waals surface area contributed by atoms with Crippen molar-refractivity contribution in [3.05, 3.63) is 69.7 Å². The quantitative estimate of drug-likeness (QED) is 0.747. The number of esters is 1. The maximum absolute atomic E-state index is 12.6. The summed E-state index contributed by atoms with van der Waals surface area (Å²) in [6.07, 6.45) is 2.40. The van der Waals surface area contributed by atoms with E-state index in [0.717, 1.165) is 30.4 Å². The molecule has 3 rings (SSSR count). The molecule has 1 saturated carbocycles. The lowest BCUT2D eigenvalue weighted by molar-refractivity contribution is -0.157. The number of carbonyl (C=O) groups is 2. The van der Waals surface area contributed by atoms with Crippen LogP contribution in [-0.2, 0) is 26.3 Å². The molecule has 0 atom stereocenters. The Balaban J connectivity index is 1.53. The van der Waals surface area contributed by atoms with Gasteiger partial charge in [-0.25, -0.2) is 0 Å². The highest BCUT2D eigenvalue weighted by Gasteiger charge is 2.47. The van der Waals surface area contributed by atoms with Crippen molar-refractivity contribution in [2.45, 2.75) is 31.2 Å². The second kappa shape index (κ2) is 8.11. The van der Waals surface area contributed by atoms with Crippen LogP contribution < -0.4 is 5.32 Å². The van der Waals surface area contributed by atoms with Gasteiger partial charge in [-0.05, 0) is 48.2 Å². The summed E-state index contributed by atoms with van der Waals surface area (Å²) in [5, 5.41) is 4.00. The fourth-order valence-electron chi connectivity index (χ4n) is 3.03. The molecule has 0 aliphatic heterocycles. The molecule has 0 bridgehead atoms. The number of benzene rings is 2. The minimum Gasteiger partial charge on any atom is -0.455 e. The molecule has 26 heavy (non-hydrogen) atoms. The number of hydrogen-bond donors (Lipinski definition) is 1. The number of rotatable bonds is 6. The molecule has 6 heteroatoms. The maximum Gasteiger partial charge on any atom is 0.317 e. The topological polar surface area (TPSA) is 55.4 Å². The van der Waals surface area contributed by atoms with Crippen molar-refractivity contribution >= 4 is 35.1 Å². The zero-order chi connectivity index (χ0) is 18.6. The van der Waals surface area contributed by atoms with E-state index in [2.05, 4.69) is 5.32 Å². The number of hydrogen-bond acceptors (Lipinski definition) is 3. The first-order valence-electron chi connectivity index (χ1n) is 8.44. The van der Waals surface area contributed by atoms with E-state index in [9.17, 15) is 9.59 Å². The molecule has 0 saturated heterocycles. The van der Waals surface area contributed by atoms with E-state index in [-0.39, 0.29) is 18.5 Å². The SMILES string of the molecule is O=C(COC(=O)C1(c2ccc(Cl)cc2)CCC1)NCc1ccc(Cl)cc1. The largest absolute Gasteiger partial charge is 0.455 e. The molecule has 2 aromatic carbocycles. The molecule has 1 N–H and O–H groups in total. The molecule has 1 aliphatic carbocycles. The van der Waals surface area contributed by atoms with Crippen molar-refractivity contribution in [2.75, 3.05) is 6.61 Å². The summed E-state index contributed by atoms with van der Waals surface area (Å²) in [5.41, 5.74) is 1.16. The first-order chi connectivity index (χ1) is 12.5. The van der Waals surface area contributed by atoms with Crippen molar-refractivity contribution in [3.8, 4) is 0 Å². The Hall–Kier alpha value is -2.04. The Labute approximate surface area is 162 Å². The molecule has 2 aromatic rings. The van der Waals surface area contributed by atoms with Gasteiger partial charge in [-0.15, -0.1) is 0 Å². The average Bonchev–Trinajstić information content (AvgIpc) is 2.60. The lowest BCUT2D eigenvalue weighted by atomic mass is 9.64. The van der Waals surface area contributed by atoms with E-state index in [0.29, 0.717) is 16.6 Å². The molecule has 0 spiro atoms. The zero-order valence-electron chi connectivity index (χ0n) is 14.1. The number of nitrogens with one attached hydrogen (secondary N) is 1. The molecule has 1 aliphatic rings. The van der Waals surface area contributed by atoms with E-state index in [4.69, 9.17) is 27.9 Å². The fourth-order valence-corrected chi connectivity index (χ4v) is 3.29. The minimum atomic E-state index is -0.652. The van der Waals surface area contributed by atoms with E-state index >= 15 is 0 Å². The first-order valence-corrected chi connectivity index (χ1v) is 9.20. The third kappa shape index (κ3) is 4.19. The molecule has 1 amide bonds. The monoisotopic (exact) mass is 391 g/mol. The highest BCUT2D eigenvalue weighted by molar-refractivity contribution is 6.30. The van der Waals surface area contributed by atoms with Gasteiger partial charge in [0.1, 0.15) is 0 Å². The first kappa shape index (κ1) is 18.7. The van der Waals surface area contributed by atoms with Gasteiger partial charge in [-0.3, -0.25) is 9.59 Å². The number of carbonyl (C=O) groups excluding carboxylic acids is 2. The highest BCUT2D eigenvalue weighted by atomic mass is 35.5. The summed E-state index contributed by atoms with van der Waals surface area (Å²) < 4.78 is 5.30. The number of amides is 1. The van der Waals surface area contributed by atoms with Crippen LogP contribution >= 0.6 is 23.2 Å². The third-order valence-corrected chi connectivity index (χ3v) is 5.24. The zero-order valence-corrected chi connectivity index (χ0v) is 15.6. The van der Waals surface area contributed by atoms with Crippen LogP contribution in [0.4, 0.5) is 0 Å². The van der Waals surface area contributed by atoms with Crippen molar-refractivity contribution in [3.63, 3.8) is 0 Å². The number of ether oxygens (including phenoxy) is 1. The van der Waals surface area contributed by atoms with Gasteiger partial charge in [0.2, 0.25) is 0 Å². The Morgan fingerprint density at radius 3 is 2.08 bits per heavy atom. The molecule has 136 valence electrons. The number of halogens is 2. The Kier molecular flexibility index (Phi) is 5.84. The molecular formula is C20H19Cl2NO3. The van der Waals surface area contributed by atoms with E-state index in [1.54, 1.807) is 24.3 Å². The predicted molar refractivity (Wildman–Crippen MR) is 101 cm³/mol. The summed E-state index contributed by atoms with van der Waals surface area (Å²) in [6.45, 7) is 0.0671. The molecular weight excluding hydrogens is 373 g/mol. The summed E-state index contributed by atoms with van der Waals surface area (Å²) in [6, 6.07) is 14.4. The molecule has 1 fully saturated rings. The van der Waals surface area contributed by atoms with Crippen LogP contribution in [0.3, 0.4) is 0 Å². The Morgan fingerprint density at radius 1 is 0.962 bits per heavy atom. The van der Waals surface area contributed by atoms with Crippen LogP contribution in [0.15, 0.2) is 48.5 Å². The van der Waals surface area contributed by atoms with Gasteiger partial charge in [0.15, 0.2) is 6.61 Å². The second-order valence-corrected chi connectivity index (χ2v) is 7.29. The van der Waals surface area contributed by atoms with Crippen LogP contribution in [0, 0.1) is 0 Å². The van der Waals surface area contributed by atoms with Crippen LogP contribution in [0.1, 0.15) is 30.4 Å². The van der Waals surface area contributed by atoms with E-state index in [1.807, 2.05) is 24.3 Å². The van der Waals surface area contributed by atoms with E-state index in [1.165, 1.54) is 0 Å². The van der Waals surface area contributed by atoms with Gasteiger partial charge in [-0.2, -0.15) is 0 Å². The molecule has 0 unspecified atom stereocenters. The summed E-state index contributed by atoms with van der Waals surface area (Å²) >= 11 is 11.8. The van der Waals surface area contributed by atoms with Crippen LogP contribution in [0.25, 0.3) is 0 Å². The van der Waals surface area contributed by atoms with Crippen molar-refractivity contribution in [1.82, 2.24) is 5.32 Å². The van der Waals surface area contributed by atoms with Crippen LogP contribution in [0.2, 0.25) is 10.0 Å². The Bertz CT molecular complexity index is 784. The van der Waals surface area contributed by atoms with Gasteiger partial charge < -0.3 is 10.1 Å². The fraction of sp³-hybridized carbons (Fsp3) is 0.300. The smallest absolute Gasteiger partial charge is 0.317 e. The second-order valence-electron chi connectivity index (χ2n) is 6.42. The summed E-state index contributed by atoms with van der Waals surface area (Å²) in [4.78, 5) is 24.6. The minimum absolute atomic E-state index is 0.290. The molecule has 0 radical (unpaired) electrons. The van der Waals surface area contributed by atoms with Gasteiger partial charge in [0, 0.05) is 16.6 Å². The summed E-state index contributed by atoms with van der Waals surface area (Å²) in [5.74, 6) is -0.688. The van der Waals surface area contributed by atoms with Crippen molar-refractivity contribution in [1.29, 1.82) is 0 Å². The van der Waals surface area contributed by atoms with Crippen LogP contribution in [-0.4, -0.2) is 18.5 Å². The van der Waals surface area contributed by atoms with Gasteiger partial charge in [-0.1, -0.05) is 53.9 Å². The van der Waals surface area contributed by atoms with Crippen molar-refractivity contribution < 1.29 is 14.3 Å². The third-order valence-electron chi connectivity index (χ3n) is 4.73. The van der Waals surface area contributed by atoms with Gasteiger partial charge in [0.05, 0.1) is 5.41 Å².